The molecule has 0 fully saturated rings. The summed E-state index contributed by atoms with van der Waals surface area (Å²) in [6.45, 7) is 3.23. The minimum atomic E-state index is 0.156. The lowest BCUT2D eigenvalue weighted by Crippen LogP contribution is -2.25. The van der Waals surface area contributed by atoms with E-state index in [9.17, 15) is 0 Å². The van der Waals surface area contributed by atoms with Gasteiger partial charge >= 0.3 is 0 Å². The van der Waals surface area contributed by atoms with Crippen LogP contribution < -0.4 is 11.5 Å². The zero-order valence-electron chi connectivity index (χ0n) is 13.3. The standard InChI is InChI=1S/C17H24N6/c18-17(19)22-11-5-6-12-23(13-15-7-1-3-9-20-15)14-16-8-2-4-10-21-16/h1-4,7-10H,5-6,11-14H2,(H4,18,19,22). The largest absolute Gasteiger partial charge is 0.370 e. The van der Waals surface area contributed by atoms with Crippen LogP contribution in [0.1, 0.15) is 24.2 Å². The molecule has 0 aromatic carbocycles. The molecule has 0 unspecified atom stereocenters. The molecule has 2 heterocycles. The first-order chi connectivity index (χ1) is 11.2. The van der Waals surface area contributed by atoms with Crippen molar-refractivity contribution >= 4 is 5.96 Å². The van der Waals surface area contributed by atoms with E-state index in [0.29, 0.717) is 6.54 Å². The van der Waals surface area contributed by atoms with Crippen LogP contribution in [0.15, 0.2) is 53.8 Å². The summed E-state index contributed by atoms with van der Waals surface area (Å²) in [4.78, 5) is 15.2. The summed E-state index contributed by atoms with van der Waals surface area (Å²) in [5.74, 6) is 0.156. The van der Waals surface area contributed by atoms with Crippen LogP contribution in [0.25, 0.3) is 0 Å². The van der Waals surface area contributed by atoms with Gasteiger partial charge in [-0.3, -0.25) is 19.9 Å². The molecule has 2 aromatic rings. The van der Waals surface area contributed by atoms with Crippen LogP contribution >= 0.6 is 0 Å². The summed E-state index contributed by atoms with van der Waals surface area (Å²) in [6.07, 6.45) is 5.63. The molecule has 4 N–H and O–H groups in total. The summed E-state index contributed by atoms with van der Waals surface area (Å²) in [5.41, 5.74) is 12.8. The van der Waals surface area contributed by atoms with Gasteiger partial charge in [-0.1, -0.05) is 12.1 Å². The number of pyridine rings is 2. The van der Waals surface area contributed by atoms with Crippen LogP contribution in [0.2, 0.25) is 0 Å². The molecule has 2 aromatic heterocycles. The molecule has 6 nitrogen and oxygen atoms in total. The van der Waals surface area contributed by atoms with Crippen molar-refractivity contribution < 1.29 is 0 Å². The SMILES string of the molecule is NC(N)=NCCCCN(Cc1ccccn1)Cc1ccccn1. The Labute approximate surface area is 137 Å². The highest BCUT2D eigenvalue weighted by Crippen LogP contribution is 2.08. The molecular formula is C17H24N6. The van der Waals surface area contributed by atoms with E-state index >= 15 is 0 Å². The quantitative estimate of drug-likeness (QED) is 0.416. The Morgan fingerprint density at radius 1 is 0.913 bits per heavy atom. The van der Waals surface area contributed by atoms with Crippen LogP contribution in [0.3, 0.4) is 0 Å². The molecule has 0 aliphatic carbocycles. The van der Waals surface area contributed by atoms with Gasteiger partial charge in [-0.2, -0.15) is 0 Å². The highest BCUT2D eigenvalue weighted by Gasteiger charge is 2.08. The minimum Gasteiger partial charge on any atom is -0.370 e. The van der Waals surface area contributed by atoms with E-state index < -0.39 is 0 Å². The highest BCUT2D eigenvalue weighted by molar-refractivity contribution is 5.75. The Morgan fingerprint density at radius 2 is 1.52 bits per heavy atom. The Bertz CT molecular complexity index is 539. The smallest absolute Gasteiger partial charge is 0.185 e. The second kappa shape index (κ2) is 9.53. The van der Waals surface area contributed by atoms with Gasteiger partial charge in [-0.15, -0.1) is 0 Å². The van der Waals surface area contributed by atoms with Gasteiger partial charge in [0.1, 0.15) is 0 Å². The van der Waals surface area contributed by atoms with Crippen LogP contribution in [0, 0.1) is 0 Å². The fourth-order valence-electron chi connectivity index (χ4n) is 2.31. The Kier molecular flexibility index (Phi) is 7.00. The maximum Gasteiger partial charge on any atom is 0.185 e. The van der Waals surface area contributed by atoms with Gasteiger partial charge in [0.2, 0.25) is 0 Å². The summed E-state index contributed by atoms with van der Waals surface area (Å²) in [5, 5.41) is 0. The molecule has 0 aliphatic rings. The number of nitrogens with zero attached hydrogens (tertiary/aromatic N) is 4. The number of guanidine groups is 1. The third-order valence-corrected chi connectivity index (χ3v) is 3.40. The number of unbranched alkanes of at least 4 members (excludes halogenated alkanes) is 1. The number of hydrogen-bond donors (Lipinski definition) is 2. The van der Waals surface area contributed by atoms with Gasteiger partial charge in [0.05, 0.1) is 11.4 Å². The van der Waals surface area contributed by atoms with E-state index in [0.717, 1.165) is 43.9 Å². The molecule has 0 spiro atoms. The molecule has 122 valence electrons. The first kappa shape index (κ1) is 16.9. The van der Waals surface area contributed by atoms with E-state index in [-0.39, 0.29) is 5.96 Å². The zero-order chi connectivity index (χ0) is 16.3. The molecule has 2 rings (SSSR count). The first-order valence-electron chi connectivity index (χ1n) is 7.81. The van der Waals surface area contributed by atoms with Gasteiger partial charge in [-0.25, -0.2) is 0 Å². The predicted octanol–water partition coefficient (Wildman–Crippen LogP) is 1.53. The van der Waals surface area contributed by atoms with Crippen molar-refractivity contribution in [3.63, 3.8) is 0 Å². The van der Waals surface area contributed by atoms with Crippen molar-refractivity contribution in [2.24, 2.45) is 16.5 Å². The van der Waals surface area contributed by atoms with Crippen LogP contribution in [-0.2, 0) is 13.1 Å². The lowest BCUT2D eigenvalue weighted by atomic mass is 10.2. The van der Waals surface area contributed by atoms with Crippen molar-refractivity contribution in [2.75, 3.05) is 13.1 Å². The topological polar surface area (TPSA) is 93.4 Å². The monoisotopic (exact) mass is 312 g/mol. The number of nitrogens with two attached hydrogens (primary N) is 2. The molecular weight excluding hydrogens is 288 g/mol. The normalized spacial score (nSPS) is 10.7. The van der Waals surface area contributed by atoms with Crippen LogP contribution in [-0.4, -0.2) is 33.9 Å². The fraction of sp³-hybridized carbons (Fsp3) is 0.353. The molecule has 0 aliphatic heterocycles. The first-order valence-corrected chi connectivity index (χ1v) is 7.81. The maximum absolute atomic E-state index is 5.34. The van der Waals surface area contributed by atoms with Crippen molar-refractivity contribution in [1.29, 1.82) is 0 Å². The summed E-state index contributed by atoms with van der Waals surface area (Å²) < 4.78 is 0. The summed E-state index contributed by atoms with van der Waals surface area (Å²) in [6, 6.07) is 12.0. The van der Waals surface area contributed by atoms with Crippen molar-refractivity contribution in [1.82, 2.24) is 14.9 Å². The van der Waals surface area contributed by atoms with Gasteiger partial charge in [0, 0.05) is 32.0 Å². The molecule has 0 bridgehead atoms. The van der Waals surface area contributed by atoms with Gasteiger partial charge in [-0.05, 0) is 43.7 Å². The summed E-state index contributed by atoms with van der Waals surface area (Å²) in [7, 11) is 0. The number of aromatic nitrogens is 2. The molecule has 0 radical (unpaired) electrons. The molecule has 23 heavy (non-hydrogen) atoms. The Hall–Kier alpha value is -2.47. The average molecular weight is 312 g/mol. The van der Waals surface area contributed by atoms with Crippen molar-refractivity contribution in [3.05, 3.63) is 60.2 Å². The number of rotatable bonds is 9. The second-order valence-corrected chi connectivity index (χ2v) is 5.37. The van der Waals surface area contributed by atoms with Crippen molar-refractivity contribution in [3.8, 4) is 0 Å². The fourth-order valence-corrected chi connectivity index (χ4v) is 2.31. The van der Waals surface area contributed by atoms with E-state index in [1.165, 1.54) is 0 Å². The average Bonchev–Trinajstić information content (AvgIpc) is 2.56. The number of aliphatic imine (C=N–C) groups is 1. The van der Waals surface area contributed by atoms with Crippen LogP contribution in [0.5, 0.6) is 0 Å². The molecule has 0 saturated heterocycles. The minimum absolute atomic E-state index is 0.156. The number of hydrogen-bond acceptors (Lipinski definition) is 4. The lowest BCUT2D eigenvalue weighted by molar-refractivity contribution is 0.246. The summed E-state index contributed by atoms with van der Waals surface area (Å²) >= 11 is 0. The van der Waals surface area contributed by atoms with E-state index in [1.807, 2.05) is 48.8 Å². The Morgan fingerprint density at radius 3 is 2.00 bits per heavy atom. The second-order valence-electron chi connectivity index (χ2n) is 5.37. The molecule has 0 saturated carbocycles. The van der Waals surface area contributed by atoms with Crippen molar-refractivity contribution in [2.45, 2.75) is 25.9 Å². The molecule has 6 heteroatoms. The van der Waals surface area contributed by atoms with Gasteiger partial charge in [0.25, 0.3) is 0 Å². The maximum atomic E-state index is 5.34. The molecule has 0 atom stereocenters. The third kappa shape index (κ3) is 6.88. The van der Waals surface area contributed by atoms with E-state index in [4.69, 9.17) is 11.5 Å². The van der Waals surface area contributed by atoms with E-state index in [1.54, 1.807) is 0 Å². The Balaban J connectivity index is 1.89. The van der Waals surface area contributed by atoms with E-state index in [2.05, 4.69) is 19.9 Å². The predicted molar refractivity (Wildman–Crippen MR) is 92.5 cm³/mol. The van der Waals surface area contributed by atoms with Crippen LogP contribution in [0.4, 0.5) is 0 Å². The molecule has 0 amide bonds. The highest BCUT2D eigenvalue weighted by atomic mass is 15.1. The third-order valence-electron chi connectivity index (χ3n) is 3.40. The zero-order valence-corrected chi connectivity index (χ0v) is 13.3. The van der Waals surface area contributed by atoms with Gasteiger partial charge < -0.3 is 11.5 Å². The lowest BCUT2D eigenvalue weighted by Gasteiger charge is -2.21. The van der Waals surface area contributed by atoms with Gasteiger partial charge in [0.15, 0.2) is 5.96 Å².